The number of hydrogen-bond donors (Lipinski definition) is 4. The van der Waals surface area contributed by atoms with Crippen LogP contribution in [0.25, 0.3) is 21.8 Å². The zero-order valence-electron chi connectivity index (χ0n) is 21.4. The number of carbonyl (C=O) groups excluding carboxylic acids is 2. The molecule has 4 rings (SSSR count). The van der Waals surface area contributed by atoms with Gasteiger partial charge in [0.1, 0.15) is 17.7 Å². The van der Waals surface area contributed by atoms with E-state index in [2.05, 4.69) is 15.6 Å². The molecule has 2 aromatic heterocycles. The standard InChI is InChI=1S/C28H32N4O5/c1-28(2,3)37-27(36)31-22(13-17-15-29-21-11-7-5-9-19(17)21)25(33)30-23(26(34)35)14-18-16-32(4)24-12-8-6-10-20(18)24/h5-12,15-16,22-23,29H,13-14H2,1-4H3,(H,30,33)(H,31,36)(H,34,35)/t22-,23?/m1/s1. The van der Waals surface area contributed by atoms with Crippen molar-refractivity contribution in [1.82, 2.24) is 20.2 Å². The van der Waals surface area contributed by atoms with Crippen LogP contribution in [0.4, 0.5) is 4.79 Å². The van der Waals surface area contributed by atoms with Crippen molar-refractivity contribution >= 4 is 39.8 Å². The second-order valence-corrected chi connectivity index (χ2v) is 10.1. The van der Waals surface area contributed by atoms with E-state index in [0.29, 0.717) is 0 Å². The molecular formula is C28H32N4O5. The van der Waals surface area contributed by atoms with E-state index in [0.717, 1.165) is 32.9 Å². The number of para-hydroxylation sites is 2. The number of aromatic nitrogens is 2. The van der Waals surface area contributed by atoms with Crippen molar-refractivity contribution in [2.24, 2.45) is 7.05 Å². The van der Waals surface area contributed by atoms with Crippen molar-refractivity contribution in [2.75, 3.05) is 0 Å². The first kappa shape index (κ1) is 25.8. The fourth-order valence-corrected chi connectivity index (χ4v) is 4.46. The summed E-state index contributed by atoms with van der Waals surface area (Å²) < 4.78 is 7.29. The smallest absolute Gasteiger partial charge is 0.408 e. The van der Waals surface area contributed by atoms with E-state index in [1.54, 1.807) is 27.0 Å². The van der Waals surface area contributed by atoms with Gasteiger partial charge in [-0.15, -0.1) is 0 Å². The number of H-pyrrole nitrogens is 1. The minimum atomic E-state index is -1.19. The number of aromatic amines is 1. The Balaban J connectivity index is 1.57. The number of carboxylic acids is 1. The maximum atomic E-state index is 13.4. The average molecular weight is 505 g/mol. The molecule has 0 aliphatic heterocycles. The van der Waals surface area contributed by atoms with E-state index >= 15 is 0 Å². The summed E-state index contributed by atoms with van der Waals surface area (Å²) >= 11 is 0. The van der Waals surface area contributed by atoms with Gasteiger partial charge in [0.15, 0.2) is 0 Å². The lowest BCUT2D eigenvalue weighted by molar-refractivity contribution is -0.142. The molecule has 0 radical (unpaired) electrons. The van der Waals surface area contributed by atoms with Crippen LogP contribution in [-0.2, 0) is 34.2 Å². The summed E-state index contributed by atoms with van der Waals surface area (Å²) in [5.41, 5.74) is 2.72. The molecule has 2 amide bonds. The first-order valence-electron chi connectivity index (χ1n) is 12.1. The average Bonchev–Trinajstić information content (AvgIpc) is 3.38. The minimum Gasteiger partial charge on any atom is -0.480 e. The number of rotatable bonds is 8. The fourth-order valence-electron chi connectivity index (χ4n) is 4.46. The zero-order chi connectivity index (χ0) is 26.7. The molecule has 0 spiro atoms. The van der Waals surface area contributed by atoms with Gasteiger partial charge in [-0.05, 0) is 44.0 Å². The number of alkyl carbamates (subject to hydrolysis) is 1. The summed E-state index contributed by atoms with van der Waals surface area (Å²) in [4.78, 5) is 41.3. The number of nitrogens with zero attached hydrogens (tertiary/aromatic N) is 1. The van der Waals surface area contributed by atoms with Gasteiger partial charge in [0, 0.05) is 54.1 Å². The largest absolute Gasteiger partial charge is 0.480 e. The maximum Gasteiger partial charge on any atom is 0.408 e. The first-order chi connectivity index (χ1) is 17.5. The summed E-state index contributed by atoms with van der Waals surface area (Å²) in [5, 5.41) is 17.0. The third-order valence-electron chi connectivity index (χ3n) is 6.12. The number of benzene rings is 2. The Morgan fingerprint density at radius 2 is 1.59 bits per heavy atom. The third kappa shape index (κ3) is 6.11. The lowest BCUT2D eigenvalue weighted by Crippen LogP contribution is -2.53. The van der Waals surface area contributed by atoms with Gasteiger partial charge in [-0.25, -0.2) is 9.59 Å². The van der Waals surface area contributed by atoms with Gasteiger partial charge in [0.2, 0.25) is 5.91 Å². The molecule has 0 bridgehead atoms. The summed E-state index contributed by atoms with van der Waals surface area (Å²) in [5.74, 6) is -1.77. The first-order valence-corrected chi connectivity index (χ1v) is 12.1. The highest BCUT2D eigenvalue weighted by molar-refractivity contribution is 5.91. The van der Waals surface area contributed by atoms with Crippen LogP contribution >= 0.6 is 0 Å². The second-order valence-electron chi connectivity index (χ2n) is 10.1. The summed E-state index contributed by atoms with van der Waals surface area (Å²) in [7, 11) is 1.89. The third-order valence-corrected chi connectivity index (χ3v) is 6.12. The van der Waals surface area contributed by atoms with Crippen molar-refractivity contribution in [2.45, 2.75) is 51.3 Å². The molecule has 2 aromatic carbocycles. The summed E-state index contributed by atoms with van der Waals surface area (Å²) in [6.45, 7) is 5.18. The second kappa shape index (κ2) is 10.4. The molecule has 0 saturated heterocycles. The fraction of sp³-hybridized carbons (Fsp3) is 0.321. The van der Waals surface area contributed by atoms with Gasteiger partial charge >= 0.3 is 12.1 Å². The van der Waals surface area contributed by atoms with Crippen molar-refractivity contribution in [3.05, 3.63) is 72.1 Å². The van der Waals surface area contributed by atoms with E-state index in [4.69, 9.17) is 4.74 Å². The SMILES string of the molecule is Cn1cc(CC(NC(=O)[C@@H](Cc2c[nH]c3ccccc23)NC(=O)OC(C)(C)C)C(=O)O)c2ccccc21. The molecule has 0 saturated carbocycles. The molecule has 0 aliphatic carbocycles. The van der Waals surface area contributed by atoms with Crippen LogP contribution in [0, 0.1) is 0 Å². The Bertz CT molecular complexity index is 1450. The minimum absolute atomic E-state index is 0.0919. The van der Waals surface area contributed by atoms with E-state index in [1.165, 1.54) is 0 Å². The van der Waals surface area contributed by atoms with Gasteiger partial charge in [-0.2, -0.15) is 0 Å². The molecule has 0 fully saturated rings. The van der Waals surface area contributed by atoms with Crippen molar-refractivity contribution in [3.63, 3.8) is 0 Å². The molecule has 9 nitrogen and oxygen atoms in total. The Kier molecular flexibility index (Phi) is 7.24. The van der Waals surface area contributed by atoms with Crippen molar-refractivity contribution < 1.29 is 24.2 Å². The molecule has 2 heterocycles. The normalized spacial score (nSPS) is 13.3. The van der Waals surface area contributed by atoms with E-state index in [9.17, 15) is 19.5 Å². The summed E-state index contributed by atoms with van der Waals surface area (Å²) in [6, 6.07) is 13.1. The molecule has 9 heteroatoms. The molecule has 194 valence electrons. The van der Waals surface area contributed by atoms with Crippen LogP contribution in [-0.4, -0.2) is 50.3 Å². The molecule has 1 unspecified atom stereocenters. The lowest BCUT2D eigenvalue weighted by Gasteiger charge is -2.24. The van der Waals surface area contributed by atoms with Crippen molar-refractivity contribution in [1.29, 1.82) is 0 Å². The van der Waals surface area contributed by atoms with Crippen LogP contribution in [0.1, 0.15) is 31.9 Å². The summed E-state index contributed by atoms with van der Waals surface area (Å²) in [6.07, 6.45) is 3.14. The van der Waals surface area contributed by atoms with Crippen LogP contribution in [0.15, 0.2) is 60.9 Å². The molecule has 4 aromatic rings. The number of carboxylic acid groups (broad SMARTS) is 1. The predicted octanol–water partition coefficient (Wildman–Crippen LogP) is 3.91. The Labute approximate surface area is 214 Å². The van der Waals surface area contributed by atoms with E-state index in [-0.39, 0.29) is 12.8 Å². The zero-order valence-corrected chi connectivity index (χ0v) is 21.4. The monoisotopic (exact) mass is 504 g/mol. The van der Waals surface area contributed by atoms with Crippen LogP contribution in [0.2, 0.25) is 0 Å². The number of aryl methyl sites for hydroxylation is 1. The number of nitrogens with one attached hydrogen (secondary N) is 3. The number of amides is 2. The topological polar surface area (TPSA) is 125 Å². The number of carbonyl (C=O) groups is 3. The van der Waals surface area contributed by atoms with Crippen LogP contribution in [0.3, 0.4) is 0 Å². The molecule has 4 N–H and O–H groups in total. The van der Waals surface area contributed by atoms with E-state index < -0.39 is 35.7 Å². The van der Waals surface area contributed by atoms with Gasteiger partial charge in [0.25, 0.3) is 0 Å². The number of hydrogen-bond acceptors (Lipinski definition) is 4. The Morgan fingerprint density at radius 3 is 2.30 bits per heavy atom. The highest BCUT2D eigenvalue weighted by atomic mass is 16.6. The maximum absolute atomic E-state index is 13.4. The molecular weight excluding hydrogens is 472 g/mol. The van der Waals surface area contributed by atoms with Gasteiger partial charge in [-0.3, -0.25) is 4.79 Å². The Morgan fingerprint density at radius 1 is 0.946 bits per heavy atom. The highest BCUT2D eigenvalue weighted by Crippen LogP contribution is 2.22. The quantitative estimate of drug-likeness (QED) is 0.290. The lowest BCUT2D eigenvalue weighted by atomic mass is 10.0. The molecule has 2 atom stereocenters. The molecule has 37 heavy (non-hydrogen) atoms. The number of aliphatic carboxylic acids is 1. The number of ether oxygens (including phenoxy) is 1. The van der Waals surface area contributed by atoms with Crippen LogP contribution < -0.4 is 10.6 Å². The molecule has 0 aliphatic rings. The van der Waals surface area contributed by atoms with E-state index in [1.807, 2.05) is 66.3 Å². The highest BCUT2D eigenvalue weighted by Gasteiger charge is 2.30. The van der Waals surface area contributed by atoms with Crippen LogP contribution in [0.5, 0.6) is 0 Å². The van der Waals surface area contributed by atoms with Gasteiger partial charge in [-0.1, -0.05) is 36.4 Å². The Hall–Kier alpha value is -4.27. The van der Waals surface area contributed by atoms with Gasteiger partial charge < -0.3 is 30.0 Å². The van der Waals surface area contributed by atoms with Crippen molar-refractivity contribution in [3.8, 4) is 0 Å². The van der Waals surface area contributed by atoms with Gasteiger partial charge in [0.05, 0.1) is 0 Å². The number of fused-ring (bicyclic) bond motifs is 2. The predicted molar refractivity (Wildman–Crippen MR) is 141 cm³/mol.